The molecule has 1 atom stereocenters. The molecule has 5 heteroatoms. The van der Waals surface area contributed by atoms with Crippen molar-refractivity contribution in [2.45, 2.75) is 24.9 Å². The van der Waals surface area contributed by atoms with Crippen LogP contribution in [0.3, 0.4) is 0 Å². The van der Waals surface area contributed by atoms with Gasteiger partial charge in [-0.25, -0.2) is 0 Å². The molecule has 1 aliphatic heterocycles. The highest BCUT2D eigenvalue weighted by atomic mass is 32.2. The number of thioether (sulfide) groups is 1. The first-order valence-electron chi connectivity index (χ1n) is 5.77. The van der Waals surface area contributed by atoms with E-state index in [0.29, 0.717) is 25.1 Å². The second kappa shape index (κ2) is 5.60. The van der Waals surface area contributed by atoms with E-state index in [9.17, 15) is 9.90 Å². The minimum atomic E-state index is -0.703. The molecule has 4 nitrogen and oxygen atoms in total. The summed E-state index contributed by atoms with van der Waals surface area (Å²) in [4.78, 5) is 11.6. The van der Waals surface area contributed by atoms with Gasteiger partial charge in [0.05, 0.1) is 11.9 Å². The van der Waals surface area contributed by atoms with Crippen molar-refractivity contribution in [3.05, 3.63) is 24.2 Å². The SMILES string of the molecule is O=C(CCc1ccco1)NC[C@]1(O)CCSC1. The molecule has 1 saturated heterocycles. The largest absolute Gasteiger partial charge is 0.469 e. The lowest BCUT2D eigenvalue weighted by atomic mass is 10.0. The summed E-state index contributed by atoms with van der Waals surface area (Å²) in [6.45, 7) is 0.358. The van der Waals surface area contributed by atoms with Crippen LogP contribution in [0.2, 0.25) is 0 Å². The zero-order valence-corrected chi connectivity index (χ0v) is 10.5. The van der Waals surface area contributed by atoms with Crippen LogP contribution in [0.4, 0.5) is 0 Å². The zero-order valence-electron chi connectivity index (χ0n) is 9.65. The standard InChI is InChI=1S/C12H17NO3S/c14-11(4-3-10-2-1-6-16-10)13-8-12(15)5-7-17-9-12/h1-2,6,15H,3-5,7-9H2,(H,13,14)/t12-/m1/s1. The number of hydrogen-bond acceptors (Lipinski definition) is 4. The predicted octanol–water partition coefficient (Wildman–Crippen LogP) is 1.20. The smallest absolute Gasteiger partial charge is 0.220 e. The molecular formula is C12H17NO3S. The van der Waals surface area contributed by atoms with E-state index in [1.165, 1.54) is 0 Å². The number of aryl methyl sites for hydroxylation is 1. The van der Waals surface area contributed by atoms with Crippen LogP contribution in [0.25, 0.3) is 0 Å². The topological polar surface area (TPSA) is 62.5 Å². The van der Waals surface area contributed by atoms with E-state index in [4.69, 9.17) is 4.42 Å². The Hall–Kier alpha value is -0.940. The molecule has 2 N–H and O–H groups in total. The molecule has 1 amide bonds. The molecule has 17 heavy (non-hydrogen) atoms. The second-order valence-electron chi connectivity index (χ2n) is 4.38. The number of amides is 1. The van der Waals surface area contributed by atoms with Crippen molar-refractivity contribution in [2.75, 3.05) is 18.1 Å². The van der Waals surface area contributed by atoms with Gasteiger partial charge in [-0.3, -0.25) is 4.79 Å². The van der Waals surface area contributed by atoms with Crippen LogP contribution in [0.5, 0.6) is 0 Å². The van der Waals surface area contributed by atoms with Crippen LogP contribution in [0.1, 0.15) is 18.6 Å². The molecule has 0 spiro atoms. The number of carbonyl (C=O) groups excluding carboxylic acids is 1. The van der Waals surface area contributed by atoms with Crippen LogP contribution < -0.4 is 5.32 Å². The number of nitrogens with one attached hydrogen (secondary N) is 1. The van der Waals surface area contributed by atoms with Gasteiger partial charge < -0.3 is 14.8 Å². The average Bonchev–Trinajstić information content (AvgIpc) is 2.95. The Kier molecular flexibility index (Phi) is 4.12. The summed E-state index contributed by atoms with van der Waals surface area (Å²) in [7, 11) is 0. The highest BCUT2D eigenvalue weighted by Crippen LogP contribution is 2.26. The molecule has 0 saturated carbocycles. The highest BCUT2D eigenvalue weighted by Gasteiger charge is 2.31. The van der Waals surface area contributed by atoms with Crippen LogP contribution in [0.15, 0.2) is 22.8 Å². The molecule has 0 radical (unpaired) electrons. The summed E-state index contributed by atoms with van der Waals surface area (Å²) in [5.74, 6) is 2.46. The first-order valence-corrected chi connectivity index (χ1v) is 6.93. The third-order valence-corrected chi connectivity index (χ3v) is 4.11. The van der Waals surface area contributed by atoms with E-state index in [1.807, 2.05) is 12.1 Å². The van der Waals surface area contributed by atoms with Crippen LogP contribution in [0, 0.1) is 0 Å². The van der Waals surface area contributed by atoms with Gasteiger partial charge in [-0.2, -0.15) is 11.8 Å². The fraction of sp³-hybridized carbons (Fsp3) is 0.583. The van der Waals surface area contributed by atoms with E-state index in [2.05, 4.69) is 5.32 Å². The van der Waals surface area contributed by atoms with Crippen molar-refractivity contribution >= 4 is 17.7 Å². The minimum absolute atomic E-state index is 0.0354. The Morgan fingerprint density at radius 3 is 3.18 bits per heavy atom. The van der Waals surface area contributed by atoms with Crippen molar-refractivity contribution in [3.63, 3.8) is 0 Å². The van der Waals surface area contributed by atoms with Crippen molar-refractivity contribution < 1.29 is 14.3 Å². The lowest BCUT2D eigenvalue weighted by Gasteiger charge is -2.21. The van der Waals surface area contributed by atoms with Gasteiger partial charge in [0.1, 0.15) is 5.76 Å². The molecule has 2 heterocycles. The number of furan rings is 1. The van der Waals surface area contributed by atoms with Gasteiger partial charge >= 0.3 is 0 Å². The van der Waals surface area contributed by atoms with E-state index in [1.54, 1.807) is 18.0 Å². The fourth-order valence-electron chi connectivity index (χ4n) is 1.78. The number of aliphatic hydroxyl groups is 1. The molecule has 0 bridgehead atoms. The molecule has 0 unspecified atom stereocenters. The van der Waals surface area contributed by atoms with E-state index in [0.717, 1.165) is 17.9 Å². The monoisotopic (exact) mass is 255 g/mol. The quantitative estimate of drug-likeness (QED) is 0.830. The lowest BCUT2D eigenvalue weighted by molar-refractivity contribution is -0.122. The number of carbonyl (C=O) groups is 1. The Bertz CT molecular complexity index is 358. The van der Waals surface area contributed by atoms with Gasteiger partial charge in [0.15, 0.2) is 0 Å². The van der Waals surface area contributed by atoms with E-state index < -0.39 is 5.60 Å². The summed E-state index contributed by atoms with van der Waals surface area (Å²) in [5.41, 5.74) is -0.703. The van der Waals surface area contributed by atoms with Gasteiger partial charge in [-0.15, -0.1) is 0 Å². The number of rotatable bonds is 5. The lowest BCUT2D eigenvalue weighted by Crippen LogP contribution is -2.43. The van der Waals surface area contributed by atoms with Crippen molar-refractivity contribution in [1.29, 1.82) is 0 Å². The second-order valence-corrected chi connectivity index (χ2v) is 5.49. The molecule has 1 aromatic rings. The normalized spacial score (nSPS) is 23.8. The fourth-order valence-corrected chi connectivity index (χ4v) is 3.07. The molecule has 1 fully saturated rings. The summed E-state index contributed by atoms with van der Waals surface area (Å²) < 4.78 is 5.15. The average molecular weight is 255 g/mol. The molecule has 0 aromatic carbocycles. The highest BCUT2D eigenvalue weighted by molar-refractivity contribution is 7.99. The van der Waals surface area contributed by atoms with Crippen molar-refractivity contribution in [1.82, 2.24) is 5.32 Å². The Balaban J connectivity index is 1.67. The van der Waals surface area contributed by atoms with Gasteiger partial charge in [0, 0.05) is 25.1 Å². The van der Waals surface area contributed by atoms with Crippen LogP contribution >= 0.6 is 11.8 Å². The van der Waals surface area contributed by atoms with Crippen molar-refractivity contribution in [3.8, 4) is 0 Å². The summed E-state index contributed by atoms with van der Waals surface area (Å²) in [6.07, 6.45) is 3.37. The summed E-state index contributed by atoms with van der Waals surface area (Å²) in [5, 5.41) is 12.8. The van der Waals surface area contributed by atoms with Crippen LogP contribution in [-0.2, 0) is 11.2 Å². The van der Waals surface area contributed by atoms with Crippen molar-refractivity contribution in [2.24, 2.45) is 0 Å². The zero-order chi connectivity index (χ0) is 12.1. The maximum absolute atomic E-state index is 11.6. The molecule has 1 aliphatic rings. The van der Waals surface area contributed by atoms with Gasteiger partial charge in [-0.1, -0.05) is 0 Å². The molecule has 0 aliphatic carbocycles. The Morgan fingerprint density at radius 2 is 2.53 bits per heavy atom. The number of hydrogen-bond donors (Lipinski definition) is 2. The third kappa shape index (κ3) is 3.78. The van der Waals surface area contributed by atoms with E-state index >= 15 is 0 Å². The Labute approximate surface area is 105 Å². The molecule has 1 aromatic heterocycles. The molecule has 94 valence electrons. The Morgan fingerprint density at radius 1 is 1.65 bits per heavy atom. The first-order chi connectivity index (χ1) is 8.18. The summed E-state index contributed by atoms with van der Waals surface area (Å²) >= 11 is 1.73. The summed E-state index contributed by atoms with van der Waals surface area (Å²) in [6, 6.07) is 3.67. The predicted molar refractivity (Wildman–Crippen MR) is 66.9 cm³/mol. The maximum atomic E-state index is 11.6. The first kappa shape index (κ1) is 12.5. The molecular weight excluding hydrogens is 238 g/mol. The van der Waals surface area contributed by atoms with Gasteiger partial charge in [-0.05, 0) is 24.3 Å². The molecule has 2 rings (SSSR count). The van der Waals surface area contributed by atoms with E-state index in [-0.39, 0.29) is 5.91 Å². The third-order valence-electron chi connectivity index (χ3n) is 2.88. The van der Waals surface area contributed by atoms with Gasteiger partial charge in [0.25, 0.3) is 0 Å². The van der Waals surface area contributed by atoms with Crippen LogP contribution in [-0.4, -0.2) is 34.7 Å². The maximum Gasteiger partial charge on any atom is 0.220 e. The minimum Gasteiger partial charge on any atom is -0.469 e. The van der Waals surface area contributed by atoms with Gasteiger partial charge in [0.2, 0.25) is 5.91 Å².